The molecular formula is C11H21N5O. The third-order valence-electron chi connectivity index (χ3n) is 2.84. The molecule has 1 aromatic heterocycles. The van der Waals surface area contributed by atoms with Crippen LogP contribution in [0.5, 0.6) is 0 Å². The van der Waals surface area contributed by atoms with Crippen LogP contribution in [-0.2, 0) is 7.05 Å². The number of nitrogens with zero attached hydrogens (tertiary/aromatic N) is 3. The maximum absolute atomic E-state index is 11.7. The third kappa shape index (κ3) is 3.72. The van der Waals surface area contributed by atoms with Crippen molar-refractivity contribution in [3.8, 4) is 0 Å². The van der Waals surface area contributed by atoms with Gasteiger partial charge in [0.25, 0.3) is 0 Å². The van der Waals surface area contributed by atoms with Gasteiger partial charge in [0.1, 0.15) is 6.33 Å². The van der Waals surface area contributed by atoms with Crippen LogP contribution >= 0.6 is 0 Å². The molecule has 2 N–H and O–H groups in total. The SMILES string of the molecule is CC(C)[C@H](C)NC(=O)N[C@@H](C)c1nncn1C. The lowest BCUT2D eigenvalue weighted by Gasteiger charge is -2.20. The summed E-state index contributed by atoms with van der Waals surface area (Å²) in [7, 11) is 1.85. The quantitative estimate of drug-likeness (QED) is 0.829. The minimum absolute atomic E-state index is 0.140. The van der Waals surface area contributed by atoms with Crippen LogP contribution in [0, 0.1) is 5.92 Å². The van der Waals surface area contributed by atoms with Gasteiger partial charge in [-0.05, 0) is 19.8 Å². The van der Waals surface area contributed by atoms with Crippen molar-refractivity contribution in [1.82, 2.24) is 25.4 Å². The Bertz CT molecular complexity index is 374. The van der Waals surface area contributed by atoms with E-state index in [9.17, 15) is 4.79 Å². The Morgan fingerprint density at radius 1 is 1.29 bits per heavy atom. The van der Waals surface area contributed by atoms with Crippen molar-refractivity contribution in [2.45, 2.75) is 39.8 Å². The standard InChI is InChI=1S/C11H21N5O/c1-7(2)8(3)13-11(17)14-9(4)10-15-12-6-16(10)5/h6-9H,1-5H3,(H2,13,14,17)/t8-,9-/m0/s1. The van der Waals surface area contributed by atoms with Crippen LogP contribution in [-0.4, -0.2) is 26.8 Å². The number of hydrogen-bond donors (Lipinski definition) is 2. The molecule has 0 spiro atoms. The fourth-order valence-electron chi connectivity index (χ4n) is 1.36. The zero-order chi connectivity index (χ0) is 13.0. The number of carbonyl (C=O) groups excluding carboxylic acids is 1. The first-order valence-electron chi connectivity index (χ1n) is 5.82. The molecule has 1 rings (SSSR count). The van der Waals surface area contributed by atoms with Crippen LogP contribution in [0.25, 0.3) is 0 Å². The van der Waals surface area contributed by atoms with Crippen molar-refractivity contribution < 1.29 is 4.79 Å². The first-order valence-corrected chi connectivity index (χ1v) is 5.82. The van der Waals surface area contributed by atoms with Crippen LogP contribution in [0.3, 0.4) is 0 Å². The molecule has 1 heterocycles. The van der Waals surface area contributed by atoms with E-state index in [2.05, 4.69) is 34.7 Å². The van der Waals surface area contributed by atoms with Gasteiger partial charge in [0, 0.05) is 13.1 Å². The highest BCUT2D eigenvalue weighted by Gasteiger charge is 2.16. The molecule has 0 unspecified atom stereocenters. The van der Waals surface area contributed by atoms with Crippen LogP contribution in [0.2, 0.25) is 0 Å². The highest BCUT2D eigenvalue weighted by atomic mass is 16.2. The fourth-order valence-corrected chi connectivity index (χ4v) is 1.36. The molecule has 2 amide bonds. The van der Waals surface area contributed by atoms with Gasteiger partial charge in [-0.3, -0.25) is 0 Å². The van der Waals surface area contributed by atoms with Crippen molar-refractivity contribution in [3.63, 3.8) is 0 Å². The zero-order valence-corrected chi connectivity index (χ0v) is 11.1. The number of nitrogens with one attached hydrogen (secondary N) is 2. The highest BCUT2D eigenvalue weighted by Crippen LogP contribution is 2.07. The topological polar surface area (TPSA) is 71.8 Å². The normalized spacial score (nSPS) is 14.5. The van der Waals surface area contributed by atoms with Crippen molar-refractivity contribution in [2.75, 3.05) is 0 Å². The summed E-state index contributed by atoms with van der Waals surface area (Å²) < 4.78 is 1.79. The number of aromatic nitrogens is 3. The van der Waals surface area contributed by atoms with Gasteiger partial charge < -0.3 is 15.2 Å². The summed E-state index contributed by atoms with van der Waals surface area (Å²) in [5.74, 6) is 1.14. The summed E-state index contributed by atoms with van der Waals surface area (Å²) in [5, 5.41) is 13.5. The maximum atomic E-state index is 11.7. The van der Waals surface area contributed by atoms with Crippen LogP contribution in [0.1, 0.15) is 39.6 Å². The first-order chi connectivity index (χ1) is 7.91. The number of urea groups is 1. The predicted molar refractivity (Wildman–Crippen MR) is 65.4 cm³/mol. The number of amides is 2. The third-order valence-corrected chi connectivity index (χ3v) is 2.84. The largest absolute Gasteiger partial charge is 0.335 e. The van der Waals surface area contributed by atoms with Gasteiger partial charge in [-0.1, -0.05) is 13.8 Å². The Hall–Kier alpha value is -1.59. The summed E-state index contributed by atoms with van der Waals surface area (Å²) >= 11 is 0. The number of rotatable bonds is 4. The average molecular weight is 239 g/mol. The fraction of sp³-hybridized carbons (Fsp3) is 0.727. The Morgan fingerprint density at radius 3 is 2.41 bits per heavy atom. The molecule has 0 radical (unpaired) electrons. The maximum Gasteiger partial charge on any atom is 0.315 e. The van der Waals surface area contributed by atoms with Gasteiger partial charge in [-0.2, -0.15) is 0 Å². The highest BCUT2D eigenvalue weighted by molar-refractivity contribution is 5.74. The first kappa shape index (κ1) is 13.5. The molecule has 2 atom stereocenters. The van der Waals surface area contributed by atoms with E-state index in [0.717, 1.165) is 5.82 Å². The van der Waals surface area contributed by atoms with Crippen molar-refractivity contribution in [2.24, 2.45) is 13.0 Å². The van der Waals surface area contributed by atoms with Gasteiger partial charge in [0.15, 0.2) is 5.82 Å². The summed E-state index contributed by atoms with van der Waals surface area (Å²) in [6.07, 6.45) is 1.61. The summed E-state index contributed by atoms with van der Waals surface area (Å²) in [4.78, 5) is 11.7. The molecule has 6 heteroatoms. The van der Waals surface area contributed by atoms with Crippen molar-refractivity contribution in [1.29, 1.82) is 0 Å². The smallest absolute Gasteiger partial charge is 0.315 e. The van der Waals surface area contributed by atoms with E-state index in [-0.39, 0.29) is 18.1 Å². The van der Waals surface area contributed by atoms with Gasteiger partial charge in [0.2, 0.25) is 0 Å². The molecule has 0 aliphatic rings. The van der Waals surface area contributed by atoms with Crippen LogP contribution in [0.4, 0.5) is 4.79 Å². The monoisotopic (exact) mass is 239 g/mol. The molecule has 0 aliphatic carbocycles. The second-order valence-electron chi connectivity index (χ2n) is 4.67. The molecule has 0 aliphatic heterocycles. The molecule has 0 fully saturated rings. The number of carbonyl (C=O) groups is 1. The lowest BCUT2D eigenvalue weighted by atomic mass is 10.1. The molecule has 0 bridgehead atoms. The minimum atomic E-state index is -0.179. The molecule has 96 valence electrons. The summed E-state index contributed by atoms with van der Waals surface area (Å²) in [6.45, 7) is 8.00. The second-order valence-corrected chi connectivity index (χ2v) is 4.67. The van der Waals surface area contributed by atoms with Crippen molar-refractivity contribution >= 4 is 6.03 Å². The van der Waals surface area contributed by atoms with Gasteiger partial charge in [0.05, 0.1) is 6.04 Å². The molecular weight excluding hydrogens is 218 g/mol. The second kappa shape index (κ2) is 5.65. The van der Waals surface area contributed by atoms with Crippen LogP contribution in [0.15, 0.2) is 6.33 Å². The predicted octanol–water partition coefficient (Wildman–Crippen LogP) is 1.22. The Labute approximate surface area is 102 Å². The zero-order valence-electron chi connectivity index (χ0n) is 11.1. The Morgan fingerprint density at radius 2 is 1.94 bits per heavy atom. The van der Waals surface area contributed by atoms with Gasteiger partial charge in [-0.15, -0.1) is 10.2 Å². The Kier molecular flexibility index (Phi) is 4.48. The lowest BCUT2D eigenvalue weighted by molar-refractivity contribution is 0.230. The summed E-state index contributed by atoms with van der Waals surface area (Å²) in [6, 6.07) is -0.203. The van der Waals surface area contributed by atoms with E-state index in [0.29, 0.717) is 5.92 Å². The molecule has 0 saturated heterocycles. The van der Waals surface area contributed by atoms with Gasteiger partial charge in [-0.25, -0.2) is 4.79 Å². The minimum Gasteiger partial charge on any atom is -0.335 e. The van der Waals surface area contributed by atoms with E-state index >= 15 is 0 Å². The number of hydrogen-bond acceptors (Lipinski definition) is 3. The molecule has 6 nitrogen and oxygen atoms in total. The van der Waals surface area contributed by atoms with Crippen LogP contribution < -0.4 is 10.6 Å². The van der Waals surface area contributed by atoms with E-state index in [1.54, 1.807) is 10.9 Å². The average Bonchev–Trinajstić information content (AvgIpc) is 2.63. The summed E-state index contributed by atoms with van der Waals surface area (Å²) in [5.41, 5.74) is 0. The molecule has 17 heavy (non-hydrogen) atoms. The van der Waals surface area contributed by atoms with Crippen molar-refractivity contribution in [3.05, 3.63) is 12.2 Å². The number of aryl methyl sites for hydroxylation is 1. The van der Waals surface area contributed by atoms with E-state index in [1.165, 1.54) is 0 Å². The molecule has 0 aromatic carbocycles. The van der Waals surface area contributed by atoms with E-state index in [4.69, 9.17) is 0 Å². The molecule has 1 aromatic rings. The lowest BCUT2D eigenvalue weighted by Crippen LogP contribution is -2.44. The van der Waals surface area contributed by atoms with E-state index < -0.39 is 0 Å². The molecule has 0 saturated carbocycles. The Balaban J connectivity index is 2.49. The van der Waals surface area contributed by atoms with E-state index in [1.807, 2.05) is 20.9 Å². The van der Waals surface area contributed by atoms with Gasteiger partial charge >= 0.3 is 6.03 Å².